The van der Waals surface area contributed by atoms with E-state index in [1.54, 1.807) is 0 Å². The normalized spacial score (nSPS) is 25.2. The molecule has 0 saturated carbocycles. The summed E-state index contributed by atoms with van der Waals surface area (Å²) in [4.78, 5) is 33.2. The molecule has 0 spiro atoms. The summed E-state index contributed by atoms with van der Waals surface area (Å²) in [5, 5.41) is 11.0. The predicted molar refractivity (Wildman–Crippen MR) is 55.7 cm³/mol. The van der Waals surface area contributed by atoms with E-state index in [-0.39, 0.29) is 6.61 Å². The Balaban J connectivity index is 2.63. The van der Waals surface area contributed by atoms with Gasteiger partial charge in [-0.05, 0) is 6.42 Å². The van der Waals surface area contributed by atoms with Crippen molar-refractivity contribution in [3.8, 4) is 0 Å². The molecular weight excluding hydrogens is 230 g/mol. The monoisotopic (exact) mass is 245 g/mol. The Morgan fingerprint density at radius 2 is 2.12 bits per heavy atom. The molecule has 0 aromatic rings. The number of primary amides is 1. The van der Waals surface area contributed by atoms with Crippen LogP contribution >= 0.6 is 0 Å². The van der Waals surface area contributed by atoms with Gasteiger partial charge in [-0.3, -0.25) is 9.59 Å². The summed E-state index contributed by atoms with van der Waals surface area (Å²) < 4.78 is 4.98. The summed E-state index contributed by atoms with van der Waals surface area (Å²) in [6.07, 6.45) is -0.167. The lowest BCUT2D eigenvalue weighted by Gasteiger charge is -2.23. The number of nitrogens with two attached hydrogens (primary N) is 2. The van der Waals surface area contributed by atoms with E-state index in [4.69, 9.17) is 21.3 Å². The molecule has 1 aliphatic rings. The van der Waals surface area contributed by atoms with Gasteiger partial charge in [-0.2, -0.15) is 0 Å². The summed E-state index contributed by atoms with van der Waals surface area (Å²) in [6.45, 7) is 0.374. The number of ether oxygens (including phenoxy) is 1. The zero-order chi connectivity index (χ0) is 13.1. The minimum atomic E-state index is -1.36. The zero-order valence-corrected chi connectivity index (χ0v) is 9.14. The number of hydrogen-bond donors (Lipinski definition) is 4. The van der Waals surface area contributed by atoms with Gasteiger partial charge in [0.05, 0.1) is 13.0 Å². The smallest absolute Gasteiger partial charge is 0.326 e. The Morgan fingerprint density at radius 3 is 2.53 bits per heavy atom. The van der Waals surface area contributed by atoms with Crippen LogP contribution in [-0.4, -0.2) is 47.7 Å². The van der Waals surface area contributed by atoms with Crippen molar-refractivity contribution in [1.82, 2.24) is 5.32 Å². The highest BCUT2D eigenvalue weighted by atomic mass is 16.5. The fourth-order valence-corrected chi connectivity index (χ4v) is 1.46. The highest BCUT2D eigenvalue weighted by Crippen LogP contribution is 2.15. The topological polar surface area (TPSA) is 145 Å². The second-order valence-corrected chi connectivity index (χ2v) is 3.99. The third-order valence-electron chi connectivity index (χ3n) is 2.51. The minimum Gasteiger partial charge on any atom is -0.480 e. The number of carbonyl (C=O) groups excluding carboxylic acids is 2. The van der Waals surface area contributed by atoms with Crippen LogP contribution in [0.15, 0.2) is 0 Å². The lowest BCUT2D eigenvalue weighted by Crippen LogP contribution is -2.58. The van der Waals surface area contributed by atoms with Crippen molar-refractivity contribution in [2.75, 3.05) is 13.2 Å². The second kappa shape index (κ2) is 5.11. The van der Waals surface area contributed by atoms with Crippen molar-refractivity contribution in [3.05, 3.63) is 0 Å². The van der Waals surface area contributed by atoms with E-state index in [1.807, 2.05) is 0 Å². The highest BCUT2D eigenvalue weighted by Gasteiger charge is 2.40. The SMILES string of the molecule is NC(=O)CC(NC(=O)C1(N)CCOC1)C(=O)O. The largest absolute Gasteiger partial charge is 0.480 e. The molecule has 1 fully saturated rings. The molecule has 8 heteroatoms. The number of amides is 2. The van der Waals surface area contributed by atoms with Crippen LogP contribution in [0.1, 0.15) is 12.8 Å². The van der Waals surface area contributed by atoms with Gasteiger partial charge in [-0.1, -0.05) is 0 Å². The molecule has 8 nitrogen and oxygen atoms in total. The fraction of sp³-hybridized carbons (Fsp3) is 0.667. The molecule has 0 bridgehead atoms. The van der Waals surface area contributed by atoms with Gasteiger partial charge in [0.25, 0.3) is 0 Å². The second-order valence-electron chi connectivity index (χ2n) is 3.99. The molecule has 1 heterocycles. The van der Waals surface area contributed by atoms with Gasteiger partial charge >= 0.3 is 5.97 Å². The average Bonchev–Trinajstić information content (AvgIpc) is 2.64. The molecule has 0 aliphatic carbocycles. The van der Waals surface area contributed by atoms with Crippen LogP contribution in [-0.2, 0) is 19.1 Å². The Labute approximate surface area is 97.3 Å². The van der Waals surface area contributed by atoms with Crippen molar-refractivity contribution < 1.29 is 24.2 Å². The number of carbonyl (C=O) groups is 3. The van der Waals surface area contributed by atoms with Gasteiger partial charge in [-0.25, -0.2) is 4.79 Å². The Morgan fingerprint density at radius 1 is 1.47 bits per heavy atom. The molecule has 17 heavy (non-hydrogen) atoms. The number of hydrogen-bond acceptors (Lipinski definition) is 5. The Bertz CT molecular complexity index is 338. The number of rotatable bonds is 5. The molecule has 1 saturated heterocycles. The van der Waals surface area contributed by atoms with Crippen LogP contribution < -0.4 is 16.8 Å². The number of carboxylic acid groups (broad SMARTS) is 1. The Kier molecular flexibility index (Phi) is 4.02. The quantitative estimate of drug-likeness (QED) is 0.423. The van der Waals surface area contributed by atoms with Crippen molar-refractivity contribution in [2.24, 2.45) is 11.5 Å². The first-order valence-electron chi connectivity index (χ1n) is 5.04. The molecule has 1 rings (SSSR count). The lowest BCUT2D eigenvalue weighted by atomic mass is 9.98. The molecule has 1 aliphatic heterocycles. The maximum Gasteiger partial charge on any atom is 0.326 e. The first kappa shape index (κ1) is 13.4. The molecule has 6 N–H and O–H groups in total. The fourth-order valence-electron chi connectivity index (χ4n) is 1.46. The summed E-state index contributed by atoms with van der Waals surface area (Å²) in [5.74, 6) is -2.80. The van der Waals surface area contributed by atoms with Crippen LogP contribution in [0.3, 0.4) is 0 Å². The third kappa shape index (κ3) is 3.40. The highest BCUT2D eigenvalue weighted by molar-refractivity contribution is 5.92. The number of carboxylic acids is 1. The van der Waals surface area contributed by atoms with E-state index in [0.717, 1.165) is 0 Å². The summed E-state index contributed by atoms with van der Waals surface area (Å²) in [7, 11) is 0. The molecule has 0 aromatic carbocycles. The summed E-state index contributed by atoms with van der Waals surface area (Å²) in [5.41, 5.74) is 9.39. The maximum absolute atomic E-state index is 11.7. The van der Waals surface area contributed by atoms with E-state index in [2.05, 4.69) is 5.32 Å². The third-order valence-corrected chi connectivity index (χ3v) is 2.51. The van der Waals surface area contributed by atoms with Crippen LogP contribution in [0.5, 0.6) is 0 Å². The van der Waals surface area contributed by atoms with E-state index < -0.39 is 35.8 Å². The van der Waals surface area contributed by atoms with Gasteiger partial charge in [-0.15, -0.1) is 0 Å². The zero-order valence-electron chi connectivity index (χ0n) is 9.14. The molecule has 2 atom stereocenters. The van der Waals surface area contributed by atoms with E-state index in [9.17, 15) is 14.4 Å². The van der Waals surface area contributed by atoms with Crippen LogP contribution in [0.2, 0.25) is 0 Å². The molecule has 2 amide bonds. The van der Waals surface area contributed by atoms with Gasteiger partial charge in [0.1, 0.15) is 11.6 Å². The van der Waals surface area contributed by atoms with Crippen LogP contribution in [0.25, 0.3) is 0 Å². The Hall–Kier alpha value is -1.67. The molecule has 2 unspecified atom stereocenters. The molecule has 0 aromatic heterocycles. The maximum atomic E-state index is 11.7. The average molecular weight is 245 g/mol. The first-order chi connectivity index (χ1) is 7.85. The van der Waals surface area contributed by atoms with Gasteiger partial charge in [0.15, 0.2) is 0 Å². The van der Waals surface area contributed by atoms with Gasteiger partial charge in [0.2, 0.25) is 11.8 Å². The number of aliphatic carboxylic acids is 1. The standard InChI is InChI=1S/C9H15N3O5/c10-6(13)3-5(7(14)15)12-8(16)9(11)1-2-17-4-9/h5H,1-4,11H2,(H2,10,13)(H,12,16)(H,14,15). The lowest BCUT2D eigenvalue weighted by molar-refractivity contribution is -0.144. The van der Waals surface area contributed by atoms with Gasteiger partial charge < -0.3 is 26.6 Å². The summed E-state index contributed by atoms with van der Waals surface area (Å²) in [6, 6.07) is -1.36. The molecule has 96 valence electrons. The van der Waals surface area contributed by atoms with Crippen LogP contribution in [0.4, 0.5) is 0 Å². The first-order valence-corrected chi connectivity index (χ1v) is 5.04. The van der Waals surface area contributed by atoms with Gasteiger partial charge in [0, 0.05) is 6.61 Å². The van der Waals surface area contributed by atoms with Crippen molar-refractivity contribution in [1.29, 1.82) is 0 Å². The van der Waals surface area contributed by atoms with Crippen molar-refractivity contribution in [2.45, 2.75) is 24.4 Å². The van der Waals surface area contributed by atoms with E-state index in [1.165, 1.54) is 0 Å². The summed E-state index contributed by atoms with van der Waals surface area (Å²) >= 11 is 0. The van der Waals surface area contributed by atoms with Crippen LogP contribution in [0, 0.1) is 0 Å². The minimum absolute atomic E-state index is 0.0295. The molecular formula is C9H15N3O5. The molecule has 0 radical (unpaired) electrons. The van der Waals surface area contributed by atoms with Crippen molar-refractivity contribution >= 4 is 17.8 Å². The predicted octanol–water partition coefficient (Wildman–Crippen LogP) is -2.45. The van der Waals surface area contributed by atoms with E-state index >= 15 is 0 Å². The van der Waals surface area contributed by atoms with Crippen molar-refractivity contribution in [3.63, 3.8) is 0 Å². The van der Waals surface area contributed by atoms with E-state index in [0.29, 0.717) is 13.0 Å². The number of nitrogens with one attached hydrogen (secondary N) is 1.